The lowest BCUT2D eigenvalue weighted by molar-refractivity contribution is -0.141. The van der Waals surface area contributed by atoms with Gasteiger partial charge in [-0.15, -0.1) is 0 Å². The Morgan fingerprint density at radius 3 is 2.53 bits per heavy atom. The molecule has 2 aliphatic rings. The summed E-state index contributed by atoms with van der Waals surface area (Å²) in [6.45, 7) is 0. The van der Waals surface area contributed by atoms with Crippen LogP contribution in [0, 0.1) is 5.41 Å². The fourth-order valence-corrected chi connectivity index (χ4v) is 5.50. The minimum absolute atomic E-state index is 0.149. The van der Waals surface area contributed by atoms with Crippen LogP contribution in [0.4, 0.5) is 0 Å². The Morgan fingerprint density at radius 2 is 2.05 bits per heavy atom. The second-order valence-electron chi connectivity index (χ2n) is 5.98. The lowest BCUT2D eigenvalue weighted by atomic mass is 10.1. The number of rotatable bonds is 6. The first-order valence-corrected chi connectivity index (χ1v) is 8.58. The molecule has 0 bridgehead atoms. The number of sulfone groups is 1. The van der Waals surface area contributed by atoms with Gasteiger partial charge in [-0.1, -0.05) is 0 Å². The van der Waals surface area contributed by atoms with Gasteiger partial charge in [0.1, 0.15) is 0 Å². The summed E-state index contributed by atoms with van der Waals surface area (Å²) < 4.78 is 29.5. The van der Waals surface area contributed by atoms with Crippen molar-refractivity contribution in [3.63, 3.8) is 0 Å². The molecule has 2 unspecified atom stereocenters. The van der Waals surface area contributed by atoms with Gasteiger partial charge in [-0.3, -0.25) is 4.79 Å². The molecule has 0 heterocycles. The van der Waals surface area contributed by atoms with Gasteiger partial charge in [0.05, 0.1) is 24.5 Å². The number of esters is 1. The molecule has 1 N–H and O–H groups in total. The van der Waals surface area contributed by atoms with Crippen molar-refractivity contribution in [1.29, 1.82) is 0 Å². The number of hydrogen-bond donors (Lipinski definition) is 1. The number of carbonyl (C=O) groups excluding carboxylic acids is 1. The van der Waals surface area contributed by atoms with Gasteiger partial charge < -0.3 is 10.1 Å². The Labute approximate surface area is 115 Å². The minimum Gasteiger partial charge on any atom is -0.469 e. The summed E-state index contributed by atoms with van der Waals surface area (Å²) in [7, 11) is 0.123. The zero-order valence-electron chi connectivity index (χ0n) is 11.6. The van der Waals surface area contributed by atoms with Gasteiger partial charge in [-0.2, -0.15) is 0 Å². The van der Waals surface area contributed by atoms with Crippen molar-refractivity contribution < 1.29 is 17.9 Å². The Hall–Kier alpha value is -0.620. The molecule has 0 radical (unpaired) electrons. The molecular formula is C13H23NO4S. The Kier molecular flexibility index (Phi) is 4.20. The van der Waals surface area contributed by atoms with Crippen LogP contribution in [0.25, 0.3) is 0 Å². The van der Waals surface area contributed by atoms with Crippen LogP contribution in [0.5, 0.6) is 0 Å². The van der Waals surface area contributed by atoms with Crippen LogP contribution in [-0.2, 0) is 19.4 Å². The number of nitrogens with one attached hydrogen (secondary N) is 1. The maximum absolute atomic E-state index is 12.4. The standard InChI is InChI=1S/C13H23NO4S/c1-14-10-3-4-11(7-10)19(16,17)9-13(5-6-13)8-12(15)18-2/h10-11,14H,3-9H2,1-2H3. The molecule has 2 rings (SSSR count). The molecule has 0 aromatic heterocycles. The van der Waals surface area contributed by atoms with Crippen LogP contribution in [0.2, 0.25) is 0 Å². The fourth-order valence-electron chi connectivity index (χ4n) is 3.00. The maximum Gasteiger partial charge on any atom is 0.306 e. The van der Waals surface area contributed by atoms with Gasteiger partial charge in [0.2, 0.25) is 0 Å². The second kappa shape index (κ2) is 5.40. The van der Waals surface area contributed by atoms with Gasteiger partial charge in [0.25, 0.3) is 0 Å². The van der Waals surface area contributed by atoms with E-state index in [2.05, 4.69) is 10.1 Å². The average Bonchev–Trinajstić information content (AvgIpc) is 2.93. The lowest BCUT2D eigenvalue weighted by Gasteiger charge is -2.18. The van der Waals surface area contributed by atoms with E-state index in [0.29, 0.717) is 12.5 Å². The van der Waals surface area contributed by atoms with Crippen molar-refractivity contribution in [3.05, 3.63) is 0 Å². The molecule has 0 aromatic rings. The van der Waals surface area contributed by atoms with E-state index in [1.165, 1.54) is 7.11 Å². The molecule has 2 fully saturated rings. The quantitative estimate of drug-likeness (QED) is 0.735. The van der Waals surface area contributed by atoms with Crippen molar-refractivity contribution in [2.45, 2.75) is 49.8 Å². The minimum atomic E-state index is -3.10. The number of hydrogen-bond acceptors (Lipinski definition) is 5. The van der Waals surface area contributed by atoms with Crippen molar-refractivity contribution in [2.75, 3.05) is 19.9 Å². The van der Waals surface area contributed by atoms with Crippen LogP contribution in [0.3, 0.4) is 0 Å². The molecule has 0 spiro atoms. The van der Waals surface area contributed by atoms with Crippen LogP contribution in [0.15, 0.2) is 0 Å². The average molecular weight is 289 g/mol. The normalized spacial score (nSPS) is 29.2. The van der Waals surface area contributed by atoms with E-state index in [4.69, 9.17) is 0 Å². The van der Waals surface area contributed by atoms with Crippen molar-refractivity contribution in [2.24, 2.45) is 5.41 Å². The van der Waals surface area contributed by atoms with E-state index in [9.17, 15) is 13.2 Å². The van der Waals surface area contributed by atoms with Crippen LogP contribution in [0.1, 0.15) is 38.5 Å². The predicted molar refractivity (Wildman–Crippen MR) is 72.6 cm³/mol. The smallest absolute Gasteiger partial charge is 0.306 e. The zero-order valence-corrected chi connectivity index (χ0v) is 12.5. The number of carbonyl (C=O) groups is 1. The predicted octanol–water partition coefficient (Wildman–Crippen LogP) is 0.885. The molecule has 5 nitrogen and oxygen atoms in total. The highest BCUT2D eigenvalue weighted by molar-refractivity contribution is 7.92. The monoisotopic (exact) mass is 289 g/mol. The van der Waals surface area contributed by atoms with Crippen LogP contribution in [-0.4, -0.2) is 45.6 Å². The summed E-state index contributed by atoms with van der Waals surface area (Å²) in [5, 5.41) is 2.91. The van der Waals surface area contributed by atoms with E-state index in [1.807, 2.05) is 7.05 Å². The molecule has 2 aliphatic carbocycles. The summed E-state index contributed by atoms with van der Waals surface area (Å²) >= 11 is 0. The Bertz CT molecular complexity index is 442. The number of ether oxygens (including phenoxy) is 1. The van der Waals surface area contributed by atoms with Gasteiger partial charge in [-0.05, 0) is 44.6 Å². The molecule has 0 aliphatic heterocycles. The summed E-state index contributed by atoms with van der Waals surface area (Å²) in [4.78, 5) is 11.3. The van der Waals surface area contributed by atoms with Gasteiger partial charge in [0, 0.05) is 6.04 Å². The first-order chi connectivity index (χ1) is 8.91. The van der Waals surface area contributed by atoms with Crippen molar-refractivity contribution in [3.8, 4) is 0 Å². The molecule has 19 heavy (non-hydrogen) atoms. The molecule has 0 saturated heterocycles. The third kappa shape index (κ3) is 3.48. The van der Waals surface area contributed by atoms with E-state index < -0.39 is 9.84 Å². The molecule has 0 amide bonds. The molecule has 6 heteroatoms. The molecule has 0 aromatic carbocycles. The van der Waals surface area contributed by atoms with Crippen molar-refractivity contribution >= 4 is 15.8 Å². The highest BCUT2D eigenvalue weighted by Crippen LogP contribution is 2.51. The number of methoxy groups -OCH3 is 1. The summed E-state index contributed by atoms with van der Waals surface area (Å²) in [6.07, 6.45) is 4.25. The molecule has 2 saturated carbocycles. The van der Waals surface area contributed by atoms with E-state index >= 15 is 0 Å². The largest absolute Gasteiger partial charge is 0.469 e. The first kappa shape index (κ1) is 14.8. The second-order valence-corrected chi connectivity index (χ2v) is 8.26. The van der Waals surface area contributed by atoms with E-state index in [-0.39, 0.29) is 28.8 Å². The van der Waals surface area contributed by atoms with E-state index in [0.717, 1.165) is 25.7 Å². The topological polar surface area (TPSA) is 72.5 Å². The summed E-state index contributed by atoms with van der Waals surface area (Å²) in [5.74, 6) is -0.150. The van der Waals surface area contributed by atoms with Crippen molar-refractivity contribution in [1.82, 2.24) is 5.32 Å². The highest BCUT2D eigenvalue weighted by atomic mass is 32.2. The third-order valence-corrected chi connectivity index (χ3v) is 6.97. The van der Waals surface area contributed by atoms with E-state index in [1.54, 1.807) is 0 Å². The van der Waals surface area contributed by atoms with Crippen LogP contribution >= 0.6 is 0 Å². The maximum atomic E-state index is 12.4. The fraction of sp³-hybridized carbons (Fsp3) is 0.923. The summed E-state index contributed by atoms with van der Waals surface area (Å²) in [5.41, 5.74) is -0.330. The Balaban J connectivity index is 1.96. The highest BCUT2D eigenvalue weighted by Gasteiger charge is 2.49. The third-order valence-electron chi connectivity index (χ3n) is 4.51. The first-order valence-electron chi connectivity index (χ1n) is 6.86. The van der Waals surface area contributed by atoms with Gasteiger partial charge in [-0.25, -0.2) is 8.42 Å². The molecule has 2 atom stereocenters. The zero-order chi connectivity index (χ0) is 14.1. The molecular weight excluding hydrogens is 266 g/mol. The van der Waals surface area contributed by atoms with Crippen LogP contribution < -0.4 is 5.32 Å². The Morgan fingerprint density at radius 1 is 1.37 bits per heavy atom. The SMILES string of the molecule is CNC1CCC(S(=O)(=O)CC2(CC(=O)OC)CC2)C1. The summed E-state index contributed by atoms with van der Waals surface area (Å²) in [6, 6.07) is 0.315. The van der Waals surface area contributed by atoms with Gasteiger partial charge >= 0.3 is 5.97 Å². The molecule has 110 valence electrons. The van der Waals surface area contributed by atoms with Gasteiger partial charge in [0.15, 0.2) is 9.84 Å². The lowest BCUT2D eigenvalue weighted by Crippen LogP contribution is -2.30.